The van der Waals surface area contributed by atoms with Crippen LogP contribution in [0.5, 0.6) is 0 Å². The van der Waals surface area contributed by atoms with Crippen molar-refractivity contribution in [1.82, 2.24) is 15.2 Å². The fraction of sp³-hybridized carbons (Fsp3) is 0.667. The van der Waals surface area contributed by atoms with Gasteiger partial charge in [0.2, 0.25) is 5.91 Å². The predicted octanol–water partition coefficient (Wildman–Crippen LogP) is 2.41. The van der Waals surface area contributed by atoms with Crippen LogP contribution in [-0.2, 0) is 9.53 Å². The van der Waals surface area contributed by atoms with Crippen LogP contribution in [0.4, 0.5) is 0 Å². The van der Waals surface area contributed by atoms with Gasteiger partial charge in [-0.15, -0.1) is 0 Å². The molecule has 6 heteroatoms. The Balaban J connectivity index is 1.41. The van der Waals surface area contributed by atoms with Gasteiger partial charge >= 0.3 is 0 Å². The van der Waals surface area contributed by atoms with Crippen molar-refractivity contribution >= 4 is 11.8 Å². The molecule has 0 radical (unpaired) electrons. The summed E-state index contributed by atoms with van der Waals surface area (Å²) in [5, 5.41) is 3.02. The molecule has 3 aliphatic rings. The minimum atomic E-state index is -0.0653. The highest BCUT2D eigenvalue weighted by Crippen LogP contribution is 2.34. The van der Waals surface area contributed by atoms with Crippen LogP contribution in [0.1, 0.15) is 66.2 Å². The Morgan fingerprint density at radius 1 is 1.19 bits per heavy atom. The van der Waals surface area contributed by atoms with Gasteiger partial charge < -0.3 is 15.0 Å². The molecule has 3 heterocycles. The molecule has 2 aliphatic heterocycles. The quantitative estimate of drug-likeness (QED) is 0.863. The third-order valence-corrected chi connectivity index (χ3v) is 5.94. The average molecular weight is 371 g/mol. The first-order valence-electron chi connectivity index (χ1n) is 10.3. The Bertz CT molecular complexity index is 703. The lowest BCUT2D eigenvalue weighted by atomic mass is 9.89. The number of amides is 2. The summed E-state index contributed by atoms with van der Waals surface area (Å²) < 4.78 is 5.60. The number of aryl methyl sites for hydroxylation is 1. The zero-order valence-electron chi connectivity index (χ0n) is 16.1. The van der Waals surface area contributed by atoms with Crippen molar-refractivity contribution in [3.8, 4) is 0 Å². The Hall–Kier alpha value is -1.95. The maximum Gasteiger partial charge on any atom is 0.253 e. The van der Waals surface area contributed by atoms with Gasteiger partial charge in [0.15, 0.2) is 0 Å². The lowest BCUT2D eigenvalue weighted by Crippen LogP contribution is -2.39. The smallest absolute Gasteiger partial charge is 0.253 e. The molecule has 1 unspecified atom stereocenters. The van der Waals surface area contributed by atoms with E-state index in [0.717, 1.165) is 69.6 Å². The first-order chi connectivity index (χ1) is 13.1. The van der Waals surface area contributed by atoms with Gasteiger partial charge in [0.1, 0.15) is 0 Å². The van der Waals surface area contributed by atoms with Crippen LogP contribution < -0.4 is 5.32 Å². The van der Waals surface area contributed by atoms with Gasteiger partial charge in [-0.05, 0) is 57.6 Å². The molecule has 1 aliphatic carbocycles. The van der Waals surface area contributed by atoms with Crippen LogP contribution in [0, 0.1) is 12.8 Å². The Morgan fingerprint density at radius 2 is 1.96 bits per heavy atom. The molecule has 3 fully saturated rings. The summed E-state index contributed by atoms with van der Waals surface area (Å²) in [7, 11) is 0. The van der Waals surface area contributed by atoms with Gasteiger partial charge in [0.25, 0.3) is 5.91 Å². The summed E-state index contributed by atoms with van der Waals surface area (Å²) in [6.07, 6.45) is 6.05. The SMILES string of the molecule is Cc1ccc(C(=O)NCC2CCCO2)c(C2CCN(C(=O)C3CC3)CC2)n1. The van der Waals surface area contributed by atoms with Gasteiger partial charge in [0, 0.05) is 43.8 Å². The lowest BCUT2D eigenvalue weighted by Gasteiger charge is -2.32. The molecule has 1 aromatic heterocycles. The Morgan fingerprint density at radius 3 is 2.63 bits per heavy atom. The number of piperidine rings is 1. The highest BCUT2D eigenvalue weighted by molar-refractivity contribution is 5.95. The largest absolute Gasteiger partial charge is 0.376 e. The maximum atomic E-state index is 12.8. The monoisotopic (exact) mass is 371 g/mol. The summed E-state index contributed by atoms with van der Waals surface area (Å²) in [6.45, 7) is 4.85. The average Bonchev–Trinajstić information content (AvgIpc) is 3.41. The fourth-order valence-electron chi connectivity index (χ4n) is 4.15. The lowest BCUT2D eigenvalue weighted by molar-refractivity contribution is -0.133. The molecule has 2 amide bonds. The van der Waals surface area contributed by atoms with Crippen molar-refractivity contribution < 1.29 is 14.3 Å². The van der Waals surface area contributed by atoms with Gasteiger partial charge in [0.05, 0.1) is 17.4 Å². The Labute approximate surface area is 160 Å². The van der Waals surface area contributed by atoms with E-state index >= 15 is 0 Å². The first-order valence-corrected chi connectivity index (χ1v) is 10.3. The molecule has 0 aromatic carbocycles. The van der Waals surface area contributed by atoms with Gasteiger partial charge in [-0.3, -0.25) is 14.6 Å². The van der Waals surface area contributed by atoms with E-state index in [-0.39, 0.29) is 23.8 Å². The predicted molar refractivity (Wildman–Crippen MR) is 102 cm³/mol. The number of likely N-dealkylation sites (tertiary alicyclic amines) is 1. The van der Waals surface area contributed by atoms with Crippen molar-refractivity contribution in [2.24, 2.45) is 5.92 Å². The molecule has 27 heavy (non-hydrogen) atoms. The van der Waals surface area contributed by atoms with Crippen LogP contribution in [0.15, 0.2) is 12.1 Å². The zero-order valence-corrected chi connectivity index (χ0v) is 16.1. The number of carbonyl (C=O) groups is 2. The third-order valence-electron chi connectivity index (χ3n) is 5.94. The molecule has 6 nitrogen and oxygen atoms in total. The topological polar surface area (TPSA) is 71.5 Å². The van der Waals surface area contributed by atoms with Crippen LogP contribution in [0.25, 0.3) is 0 Å². The molecule has 2 saturated heterocycles. The Kier molecular flexibility index (Phi) is 5.43. The third kappa shape index (κ3) is 4.32. The number of hydrogen-bond acceptors (Lipinski definition) is 4. The second-order valence-electron chi connectivity index (χ2n) is 8.10. The highest BCUT2D eigenvalue weighted by Gasteiger charge is 2.35. The normalized spacial score (nSPS) is 23.4. The zero-order chi connectivity index (χ0) is 18.8. The summed E-state index contributed by atoms with van der Waals surface area (Å²) in [5.74, 6) is 0.763. The van der Waals surface area contributed by atoms with E-state index in [0.29, 0.717) is 18.0 Å². The molecule has 1 aromatic rings. The van der Waals surface area contributed by atoms with Crippen molar-refractivity contribution in [1.29, 1.82) is 0 Å². The number of hydrogen-bond donors (Lipinski definition) is 1. The number of pyridine rings is 1. The molecular formula is C21H29N3O3. The van der Waals surface area contributed by atoms with Gasteiger partial charge in [-0.2, -0.15) is 0 Å². The molecule has 1 atom stereocenters. The summed E-state index contributed by atoms with van der Waals surface area (Å²) >= 11 is 0. The molecule has 1 saturated carbocycles. The second kappa shape index (κ2) is 7.97. The minimum Gasteiger partial charge on any atom is -0.376 e. The van der Waals surface area contributed by atoms with Gasteiger partial charge in [-0.1, -0.05) is 0 Å². The van der Waals surface area contributed by atoms with E-state index in [9.17, 15) is 9.59 Å². The fourth-order valence-corrected chi connectivity index (χ4v) is 4.15. The summed E-state index contributed by atoms with van der Waals surface area (Å²) in [6, 6.07) is 3.79. The van der Waals surface area contributed by atoms with Crippen LogP contribution in [0.2, 0.25) is 0 Å². The number of carbonyl (C=O) groups excluding carboxylic acids is 2. The number of nitrogens with one attached hydrogen (secondary N) is 1. The summed E-state index contributed by atoms with van der Waals surface area (Å²) in [5.41, 5.74) is 2.49. The highest BCUT2D eigenvalue weighted by atomic mass is 16.5. The van der Waals surface area contributed by atoms with Crippen molar-refractivity contribution in [2.75, 3.05) is 26.2 Å². The standard InChI is InChI=1S/C21H29N3O3/c1-14-4-7-18(20(25)22-13-17-3-2-12-27-17)19(23-14)15-8-10-24(11-9-15)21(26)16-5-6-16/h4,7,15-17H,2-3,5-6,8-13H2,1H3,(H,22,25). The molecule has 4 rings (SSSR count). The summed E-state index contributed by atoms with van der Waals surface area (Å²) in [4.78, 5) is 31.8. The van der Waals surface area contributed by atoms with Crippen molar-refractivity contribution in [2.45, 2.75) is 57.5 Å². The van der Waals surface area contributed by atoms with Gasteiger partial charge in [-0.25, -0.2) is 0 Å². The number of rotatable bonds is 5. The van der Waals surface area contributed by atoms with E-state index in [4.69, 9.17) is 9.72 Å². The molecule has 1 N–H and O–H groups in total. The second-order valence-corrected chi connectivity index (χ2v) is 8.10. The number of ether oxygens (including phenoxy) is 1. The van der Waals surface area contributed by atoms with E-state index in [2.05, 4.69) is 5.32 Å². The van der Waals surface area contributed by atoms with E-state index < -0.39 is 0 Å². The molecule has 0 spiro atoms. The maximum absolute atomic E-state index is 12.8. The van der Waals surface area contributed by atoms with E-state index in [1.54, 1.807) is 0 Å². The first kappa shape index (κ1) is 18.4. The van der Waals surface area contributed by atoms with Crippen molar-refractivity contribution in [3.63, 3.8) is 0 Å². The van der Waals surface area contributed by atoms with E-state index in [1.807, 2.05) is 24.0 Å². The van der Waals surface area contributed by atoms with Crippen LogP contribution >= 0.6 is 0 Å². The number of nitrogens with zero attached hydrogens (tertiary/aromatic N) is 2. The molecule has 146 valence electrons. The minimum absolute atomic E-state index is 0.0653. The van der Waals surface area contributed by atoms with Crippen LogP contribution in [-0.4, -0.2) is 54.0 Å². The number of aromatic nitrogens is 1. The van der Waals surface area contributed by atoms with Crippen LogP contribution in [0.3, 0.4) is 0 Å². The van der Waals surface area contributed by atoms with E-state index in [1.165, 1.54) is 0 Å². The molecule has 0 bridgehead atoms. The molecular weight excluding hydrogens is 342 g/mol. The van der Waals surface area contributed by atoms with Crippen molar-refractivity contribution in [3.05, 3.63) is 29.1 Å².